The van der Waals surface area contributed by atoms with Gasteiger partial charge < -0.3 is 67.0 Å². The van der Waals surface area contributed by atoms with Crippen LogP contribution in [0.1, 0.15) is 159 Å². The minimum absolute atomic E-state index is 0. The molecule has 4 rings (SSSR count). The number of esters is 1. The molecule has 494 valence electrons. The maximum Gasteiger partial charge on any atom is 2.00 e. The molecule has 0 aliphatic carbocycles. The monoisotopic (exact) mass is 1430 g/mol. The summed E-state index contributed by atoms with van der Waals surface area (Å²) in [7, 11) is -5.73. The average Bonchev–Trinajstić information content (AvgIpc) is 3.34. The van der Waals surface area contributed by atoms with Gasteiger partial charge in [-0.05, 0) is 106 Å². The van der Waals surface area contributed by atoms with E-state index in [4.69, 9.17) is 90.8 Å². The third kappa shape index (κ3) is 62.4. The van der Waals surface area contributed by atoms with Crippen LogP contribution in [0.2, 0.25) is 19.6 Å². The van der Waals surface area contributed by atoms with Gasteiger partial charge in [-0.25, -0.2) is 9.36 Å². The number of aliphatic hydroxyl groups is 1. The van der Waals surface area contributed by atoms with E-state index in [-0.39, 0.29) is 102 Å². The van der Waals surface area contributed by atoms with Crippen LogP contribution in [0.4, 0.5) is 0 Å². The topological polar surface area (TPSA) is 186 Å². The minimum Gasteiger partial charge on any atom is -1.00 e. The smallest absolute Gasteiger partial charge is 1.00 e. The normalized spacial score (nSPS) is 12.3. The Labute approximate surface area is 566 Å². The standard InChI is InChI=1S/C14H17O3P.C9H17O3P.C9H12O2.C8H8O3.C6H15O3P.C5H7Cl.C3H9BrSi.CH2Cl2.5CH4.CH3.ClH.Mg/c1-4-5-8-11-18(15)16-13-10-7-6-9-12(13)14(2,3)17-18;1-4-7-8-9-13(10,11-5-2)12-6-3;1-9(2,11)7-5-3-4-6-8(7)10;1-11-8(10)6-4-2-3-5-7(6)9;1-4-7-10(8-5-2)9-6-3;1-2-3-4-5-6;1-5(2,3)4;2-1-3;;;;;;;;/h1,6-7,9-10H,5,8,11H2,2-3H3;1H,5-9H2,2-3H3;3-6,10-11H,1-2H3;2-5,9H,1H3;4-6H2,1-3H3;1H,3-5H2;1-3H3;1H2;5*1H4;1H3;1H;/q;;;;;;;;;;;;;-1;;+2/p-1. The van der Waals surface area contributed by atoms with E-state index >= 15 is 0 Å². The maximum atomic E-state index is 12.6. The molecule has 14 nitrogen and oxygen atoms in total. The number of phenols is 2. The number of hydrogen-bond acceptors (Lipinski definition) is 14. The number of carbonyl (C=O) groups excluding carboxylic acids is 1. The molecule has 1 aliphatic rings. The first kappa shape index (κ1) is 111. The molecule has 0 saturated carbocycles. The number of terminal acetylenes is 3. The van der Waals surface area contributed by atoms with Crippen molar-refractivity contribution in [3.63, 3.8) is 0 Å². The SMILES string of the molecule is C.C.C.C.C.C#CCCCCl.C#CCCCP(=O)(OCC)OCC.C#CCCCP1(=O)Oc2ccccc2C(C)(C)O1.CC(C)(O)c1ccccc1O.CCOP(OCC)OCC.COC(=O)c1ccccc1O.C[Si](C)(C)Br.ClCCl.[CH3-].[Cl-].[Mg+2]. The fourth-order valence-electron chi connectivity index (χ4n) is 5.35. The van der Waals surface area contributed by atoms with E-state index < -0.39 is 47.7 Å². The Morgan fingerprint density at radius 3 is 1.48 bits per heavy atom. The van der Waals surface area contributed by atoms with Crippen LogP contribution in [-0.2, 0) is 52.2 Å². The van der Waals surface area contributed by atoms with E-state index in [0.717, 1.165) is 18.4 Å². The number of rotatable bonds is 20. The van der Waals surface area contributed by atoms with Crippen molar-refractivity contribution in [2.24, 2.45) is 0 Å². The number of alkyl halides is 3. The molecule has 3 aromatic rings. The molecule has 0 fully saturated rings. The number of fused-ring (bicyclic) bond motifs is 1. The first-order chi connectivity index (χ1) is 36.1. The second-order valence-corrected chi connectivity index (χ2v) is 34.9. The van der Waals surface area contributed by atoms with Crippen molar-refractivity contribution in [2.45, 2.75) is 169 Å². The zero-order valence-electron chi connectivity index (χ0n) is 49.5. The van der Waals surface area contributed by atoms with Crippen molar-refractivity contribution in [3.8, 4) is 54.3 Å². The predicted octanol–water partition coefficient (Wildman–Crippen LogP) is 17.3. The largest absolute Gasteiger partial charge is 2.00 e. The van der Waals surface area contributed by atoms with Crippen LogP contribution in [0.15, 0.2) is 72.8 Å². The molecule has 0 radical (unpaired) electrons. The molecule has 1 heterocycles. The molecule has 1 aliphatic heterocycles. The quantitative estimate of drug-likeness (QED) is 0.0142. The summed E-state index contributed by atoms with van der Waals surface area (Å²) in [6.07, 6.45) is 20.2. The van der Waals surface area contributed by atoms with Crippen molar-refractivity contribution in [1.82, 2.24) is 0 Å². The number of para-hydroxylation sites is 3. The number of aromatic hydroxyl groups is 2. The van der Waals surface area contributed by atoms with Gasteiger partial charge in [0, 0.05) is 36.3 Å². The van der Waals surface area contributed by atoms with Crippen LogP contribution in [0.3, 0.4) is 0 Å². The Morgan fingerprint density at radius 1 is 0.741 bits per heavy atom. The molecule has 3 aromatic carbocycles. The van der Waals surface area contributed by atoms with Crippen molar-refractivity contribution < 1.29 is 78.1 Å². The number of ether oxygens (including phenoxy) is 1. The second kappa shape index (κ2) is 66.9. The number of carbonyl (C=O) groups is 1. The fraction of sp³-hybridized carbons (Fsp3) is 0.574. The first-order valence-electron chi connectivity index (χ1n) is 24.8. The average molecular weight is 1430 g/mol. The molecule has 3 N–H and O–H groups in total. The Hall–Kier alpha value is -1.56. The van der Waals surface area contributed by atoms with Gasteiger partial charge in [-0.1, -0.05) is 105 Å². The van der Waals surface area contributed by atoms with Gasteiger partial charge in [0.15, 0.2) is 0 Å². The number of benzene rings is 3. The summed E-state index contributed by atoms with van der Waals surface area (Å²) >= 11 is 18.3. The number of halogens is 5. The van der Waals surface area contributed by atoms with Crippen molar-refractivity contribution in [1.29, 1.82) is 0 Å². The van der Waals surface area contributed by atoms with Crippen LogP contribution in [0.5, 0.6) is 17.2 Å². The molecule has 1 unspecified atom stereocenters. The molecule has 0 amide bonds. The number of hydrogen-bond donors (Lipinski definition) is 3. The van der Waals surface area contributed by atoms with E-state index in [2.05, 4.69) is 57.4 Å². The maximum absolute atomic E-state index is 12.6. The number of methoxy groups -OCH3 is 1. The van der Waals surface area contributed by atoms with Crippen LogP contribution in [0.25, 0.3) is 0 Å². The Bertz CT molecular complexity index is 2200. The summed E-state index contributed by atoms with van der Waals surface area (Å²) < 4.78 is 65.6. The third-order valence-corrected chi connectivity index (χ3v) is 14.2. The summed E-state index contributed by atoms with van der Waals surface area (Å²) in [6.45, 7) is 25.1. The molecule has 1 atom stereocenters. The molecule has 85 heavy (non-hydrogen) atoms. The predicted molar refractivity (Wildman–Crippen MR) is 374 cm³/mol. The van der Waals surface area contributed by atoms with Gasteiger partial charge in [-0.3, -0.25) is 9.09 Å². The second-order valence-electron chi connectivity index (χ2n) is 17.0. The Kier molecular flexibility index (Phi) is 87.4. The molecule has 0 saturated heterocycles. The summed E-state index contributed by atoms with van der Waals surface area (Å²) in [6, 6.07) is 20.6. The summed E-state index contributed by atoms with van der Waals surface area (Å²) in [5.41, 5.74) is 0.106. The van der Waals surface area contributed by atoms with E-state index in [9.17, 15) is 24.1 Å². The van der Waals surface area contributed by atoms with Gasteiger partial charge in [0.1, 0.15) is 35.1 Å². The van der Waals surface area contributed by atoms with Gasteiger partial charge in [-0.15, -0.1) is 87.1 Å². The fourth-order valence-corrected chi connectivity index (χ4v) is 10.0. The van der Waals surface area contributed by atoms with Gasteiger partial charge in [0.2, 0.25) is 0 Å². The van der Waals surface area contributed by atoms with Crippen molar-refractivity contribution >= 4 is 110 Å². The Morgan fingerprint density at radius 2 is 1.13 bits per heavy atom. The van der Waals surface area contributed by atoms with Gasteiger partial charge in [-0.2, -0.15) is 0 Å². The summed E-state index contributed by atoms with van der Waals surface area (Å²) in [4.78, 5) is 10.9. The molecule has 24 heteroatoms. The molecule has 0 aromatic heterocycles. The number of phenolic OH excluding ortho intramolecular Hbond substituents is 2. The minimum atomic E-state index is -3.09. The molecular formula is C61H110BrCl4MgO14P3Si. The number of unbranched alkanes of at least 4 members (excludes halogenated alkanes) is 3. The van der Waals surface area contributed by atoms with Gasteiger partial charge >= 0.3 is 52.8 Å². The van der Waals surface area contributed by atoms with E-state index in [1.54, 1.807) is 64.1 Å². The van der Waals surface area contributed by atoms with Crippen LogP contribution >= 0.6 is 73.9 Å². The van der Waals surface area contributed by atoms with Gasteiger partial charge in [0.25, 0.3) is 0 Å². The zero-order chi connectivity index (χ0) is 60.0. The molecule has 0 bridgehead atoms. The van der Waals surface area contributed by atoms with E-state index in [1.807, 2.05) is 58.9 Å². The zero-order valence-corrected chi connectivity index (χ0v) is 59.2. The molecular weight excluding hydrogens is 1320 g/mol. The van der Waals surface area contributed by atoms with E-state index in [0.29, 0.717) is 88.2 Å². The summed E-state index contributed by atoms with van der Waals surface area (Å²) in [5.74, 6) is 8.40. The van der Waals surface area contributed by atoms with Crippen LogP contribution in [-0.4, -0.2) is 115 Å². The van der Waals surface area contributed by atoms with Crippen molar-refractivity contribution in [3.05, 3.63) is 96.9 Å². The Balaban J connectivity index is -0.0000000734. The van der Waals surface area contributed by atoms with Crippen molar-refractivity contribution in [2.75, 3.05) is 63.7 Å². The van der Waals surface area contributed by atoms with Crippen LogP contribution in [0, 0.1) is 44.5 Å². The van der Waals surface area contributed by atoms with E-state index in [1.165, 1.54) is 19.2 Å². The molecule has 0 spiro atoms. The summed E-state index contributed by atoms with van der Waals surface area (Å²) in [5, 5.41) is 28.1. The van der Waals surface area contributed by atoms with Gasteiger partial charge in [0.05, 0.1) is 63.4 Å². The van der Waals surface area contributed by atoms with Crippen LogP contribution < -0.4 is 16.9 Å². The third-order valence-electron chi connectivity index (χ3n) is 8.33. The first-order valence-corrected chi connectivity index (χ1v) is 36.7.